The quantitative estimate of drug-likeness (QED) is 0.0848. The lowest BCUT2D eigenvalue weighted by Crippen LogP contribution is -2.18. The minimum atomic E-state index is -0.840. The third kappa shape index (κ3) is 7.07. The average molecular weight is 577 g/mol. The second kappa shape index (κ2) is 12.7. The van der Waals surface area contributed by atoms with Crippen molar-refractivity contribution in [1.82, 2.24) is 5.43 Å². The fraction of sp³-hybridized carbons (Fsp3) is 0. The number of halogens is 2. The molecule has 0 fully saturated rings. The summed E-state index contributed by atoms with van der Waals surface area (Å²) < 4.78 is 5.32. The zero-order chi connectivity index (χ0) is 28.6. The van der Waals surface area contributed by atoms with E-state index in [1.165, 1.54) is 54.6 Å². The van der Waals surface area contributed by atoms with Crippen molar-refractivity contribution in [2.75, 3.05) is 5.32 Å². The van der Waals surface area contributed by atoms with Crippen molar-refractivity contribution in [3.05, 3.63) is 133 Å². The summed E-state index contributed by atoms with van der Waals surface area (Å²) in [5.74, 6) is -2.11. The Bertz CT molecular complexity index is 1610. The van der Waals surface area contributed by atoms with Gasteiger partial charge in [-0.25, -0.2) is 10.2 Å². The molecule has 0 saturated heterocycles. The predicted octanol–water partition coefficient (Wildman–Crippen LogP) is 6.14. The van der Waals surface area contributed by atoms with Gasteiger partial charge in [-0.05, 0) is 78.9 Å². The van der Waals surface area contributed by atoms with Gasteiger partial charge in [0.2, 0.25) is 5.75 Å². The fourth-order valence-corrected chi connectivity index (χ4v) is 3.62. The van der Waals surface area contributed by atoms with Crippen LogP contribution >= 0.6 is 23.2 Å². The Hall–Kier alpha value is -5.06. The number of benzene rings is 4. The van der Waals surface area contributed by atoms with Crippen LogP contribution in [0.15, 0.2) is 96.1 Å². The molecule has 4 rings (SSSR count). The van der Waals surface area contributed by atoms with Gasteiger partial charge in [0.1, 0.15) is 0 Å². The molecule has 0 bridgehead atoms. The number of nitro benzene ring substituents is 1. The van der Waals surface area contributed by atoms with E-state index < -0.39 is 22.5 Å². The molecule has 0 aliphatic carbocycles. The molecule has 0 heterocycles. The number of esters is 1. The van der Waals surface area contributed by atoms with E-state index in [2.05, 4.69) is 15.8 Å². The molecule has 0 aromatic heterocycles. The minimum absolute atomic E-state index is 0.0806. The van der Waals surface area contributed by atoms with Crippen LogP contribution in [0.4, 0.5) is 11.4 Å². The summed E-state index contributed by atoms with van der Waals surface area (Å²) in [4.78, 5) is 48.3. The van der Waals surface area contributed by atoms with Crippen LogP contribution in [0.5, 0.6) is 5.75 Å². The first-order valence-electron chi connectivity index (χ1n) is 11.5. The second-order valence-corrected chi connectivity index (χ2v) is 8.96. The standard InChI is InChI=1S/C28H18Cl2N4O6/c29-21-10-4-17(5-11-21)26(35)32-23-14-8-18(9-15-23)27(36)33-31-16-20-2-1-3-24(34(38)39)25(20)40-28(37)19-6-12-22(30)13-7-19/h1-16H,(H,32,35)(H,33,36)/b31-16+. The van der Waals surface area contributed by atoms with Crippen LogP contribution in [-0.4, -0.2) is 28.9 Å². The summed E-state index contributed by atoms with van der Waals surface area (Å²) in [6.07, 6.45) is 1.12. The molecule has 40 heavy (non-hydrogen) atoms. The Kier molecular flexibility index (Phi) is 8.85. The number of hydrogen-bond donors (Lipinski definition) is 2. The molecule has 0 spiro atoms. The number of carbonyl (C=O) groups excluding carboxylic acids is 3. The van der Waals surface area contributed by atoms with Gasteiger partial charge in [0.25, 0.3) is 11.8 Å². The predicted molar refractivity (Wildman–Crippen MR) is 150 cm³/mol. The van der Waals surface area contributed by atoms with Crippen molar-refractivity contribution in [2.45, 2.75) is 0 Å². The number of rotatable bonds is 8. The number of hydrogen-bond acceptors (Lipinski definition) is 7. The summed E-state index contributed by atoms with van der Waals surface area (Å²) in [6.45, 7) is 0. The molecule has 2 amide bonds. The maximum atomic E-state index is 12.6. The summed E-state index contributed by atoms with van der Waals surface area (Å²) >= 11 is 11.7. The van der Waals surface area contributed by atoms with Gasteiger partial charge in [-0.1, -0.05) is 29.3 Å². The maximum Gasteiger partial charge on any atom is 0.343 e. The van der Waals surface area contributed by atoms with Gasteiger partial charge in [0.15, 0.2) is 0 Å². The second-order valence-electron chi connectivity index (χ2n) is 8.09. The number of para-hydroxylation sites is 1. The molecule has 200 valence electrons. The van der Waals surface area contributed by atoms with Crippen LogP contribution in [0.3, 0.4) is 0 Å². The fourth-order valence-electron chi connectivity index (χ4n) is 3.37. The molecule has 0 radical (unpaired) electrons. The Morgan fingerprint density at radius 3 is 1.93 bits per heavy atom. The Morgan fingerprint density at radius 2 is 1.32 bits per heavy atom. The van der Waals surface area contributed by atoms with Gasteiger partial charge in [-0.15, -0.1) is 0 Å². The van der Waals surface area contributed by atoms with Crippen LogP contribution < -0.4 is 15.5 Å². The Balaban J connectivity index is 1.43. The van der Waals surface area contributed by atoms with Gasteiger partial charge in [-0.2, -0.15) is 5.10 Å². The van der Waals surface area contributed by atoms with Crippen molar-refractivity contribution in [3.63, 3.8) is 0 Å². The highest BCUT2D eigenvalue weighted by atomic mass is 35.5. The number of anilines is 1. The smallest absolute Gasteiger partial charge is 0.343 e. The Morgan fingerprint density at radius 1 is 0.775 bits per heavy atom. The lowest BCUT2D eigenvalue weighted by molar-refractivity contribution is -0.385. The number of amides is 2. The first-order chi connectivity index (χ1) is 19.2. The highest BCUT2D eigenvalue weighted by Gasteiger charge is 2.22. The van der Waals surface area contributed by atoms with Gasteiger partial charge in [-0.3, -0.25) is 19.7 Å². The summed E-state index contributed by atoms with van der Waals surface area (Å²) in [5, 5.41) is 19.0. The largest absolute Gasteiger partial charge is 0.415 e. The number of ether oxygens (including phenoxy) is 1. The molecule has 0 saturated carbocycles. The Labute approximate surface area is 237 Å². The maximum absolute atomic E-state index is 12.6. The van der Waals surface area contributed by atoms with E-state index in [4.69, 9.17) is 27.9 Å². The molecule has 0 unspecified atom stereocenters. The van der Waals surface area contributed by atoms with Crippen molar-refractivity contribution < 1.29 is 24.0 Å². The van der Waals surface area contributed by atoms with E-state index in [-0.39, 0.29) is 28.3 Å². The monoisotopic (exact) mass is 576 g/mol. The average Bonchev–Trinajstić information content (AvgIpc) is 2.94. The molecule has 0 aliphatic heterocycles. The van der Waals surface area contributed by atoms with Crippen LogP contribution in [0.25, 0.3) is 0 Å². The van der Waals surface area contributed by atoms with Crippen molar-refractivity contribution in [1.29, 1.82) is 0 Å². The summed E-state index contributed by atoms with van der Waals surface area (Å²) in [5.41, 5.74) is 3.17. The van der Waals surface area contributed by atoms with Crippen LogP contribution in [0.2, 0.25) is 10.0 Å². The van der Waals surface area contributed by atoms with Crippen LogP contribution in [-0.2, 0) is 0 Å². The van der Waals surface area contributed by atoms with Gasteiger partial charge in [0.05, 0.1) is 16.7 Å². The van der Waals surface area contributed by atoms with Crippen molar-refractivity contribution in [2.24, 2.45) is 5.10 Å². The first kappa shape index (κ1) is 28.0. The van der Waals surface area contributed by atoms with Gasteiger partial charge < -0.3 is 10.1 Å². The highest BCUT2D eigenvalue weighted by Crippen LogP contribution is 2.31. The molecular formula is C28H18Cl2N4O6. The van der Waals surface area contributed by atoms with Crippen LogP contribution in [0.1, 0.15) is 36.6 Å². The zero-order valence-electron chi connectivity index (χ0n) is 20.3. The van der Waals surface area contributed by atoms with E-state index in [0.717, 1.165) is 6.21 Å². The third-order valence-electron chi connectivity index (χ3n) is 5.38. The molecule has 0 atom stereocenters. The SMILES string of the molecule is O=C(N/N=C/c1cccc([N+](=O)[O-])c1OC(=O)c1ccc(Cl)cc1)c1ccc(NC(=O)c2ccc(Cl)cc2)cc1. The summed E-state index contributed by atoms with van der Waals surface area (Å²) in [6, 6.07) is 22.2. The van der Waals surface area contributed by atoms with Gasteiger partial charge >= 0.3 is 11.7 Å². The van der Waals surface area contributed by atoms with E-state index in [0.29, 0.717) is 21.3 Å². The number of nitrogens with zero attached hydrogens (tertiary/aromatic N) is 2. The lowest BCUT2D eigenvalue weighted by Gasteiger charge is -2.08. The topological polar surface area (TPSA) is 140 Å². The van der Waals surface area contributed by atoms with Crippen molar-refractivity contribution >= 4 is 58.6 Å². The molecular weight excluding hydrogens is 559 g/mol. The van der Waals surface area contributed by atoms with Crippen LogP contribution in [0, 0.1) is 10.1 Å². The zero-order valence-corrected chi connectivity index (χ0v) is 21.8. The van der Waals surface area contributed by atoms with E-state index in [9.17, 15) is 24.5 Å². The summed E-state index contributed by atoms with van der Waals surface area (Å²) in [7, 11) is 0. The van der Waals surface area contributed by atoms with E-state index >= 15 is 0 Å². The number of nitrogens with one attached hydrogen (secondary N) is 2. The molecule has 10 nitrogen and oxygen atoms in total. The number of nitro groups is 1. The number of carbonyl (C=O) groups is 3. The molecule has 2 N–H and O–H groups in total. The normalized spacial score (nSPS) is 10.7. The first-order valence-corrected chi connectivity index (χ1v) is 12.2. The molecule has 0 aliphatic rings. The number of hydrazone groups is 1. The van der Waals surface area contributed by atoms with E-state index in [1.807, 2.05) is 0 Å². The third-order valence-corrected chi connectivity index (χ3v) is 5.88. The lowest BCUT2D eigenvalue weighted by atomic mass is 10.1. The highest BCUT2D eigenvalue weighted by molar-refractivity contribution is 6.31. The minimum Gasteiger partial charge on any atom is -0.415 e. The molecule has 4 aromatic rings. The molecule has 4 aromatic carbocycles. The molecule has 12 heteroatoms. The van der Waals surface area contributed by atoms with Crippen molar-refractivity contribution in [3.8, 4) is 5.75 Å². The van der Waals surface area contributed by atoms with E-state index in [1.54, 1.807) is 36.4 Å². The van der Waals surface area contributed by atoms with Gasteiger partial charge in [0, 0.05) is 38.5 Å².